The second-order valence-corrected chi connectivity index (χ2v) is 9.04. The number of hydrogen-bond acceptors (Lipinski definition) is 5. The van der Waals surface area contributed by atoms with Crippen LogP contribution in [0, 0.1) is 13.8 Å². The molecule has 3 rings (SSSR count). The number of hydrogen-bond donors (Lipinski definition) is 2. The summed E-state index contributed by atoms with van der Waals surface area (Å²) in [5.74, 6) is 0.830. The summed E-state index contributed by atoms with van der Waals surface area (Å²) in [6.45, 7) is 11.5. The van der Waals surface area contributed by atoms with Gasteiger partial charge in [-0.2, -0.15) is 0 Å². The van der Waals surface area contributed by atoms with E-state index in [4.69, 9.17) is 0 Å². The highest BCUT2D eigenvalue weighted by Crippen LogP contribution is 2.16. The van der Waals surface area contributed by atoms with E-state index in [1.54, 1.807) is 11.3 Å². The van der Waals surface area contributed by atoms with E-state index in [9.17, 15) is 0 Å². The van der Waals surface area contributed by atoms with Gasteiger partial charge in [-0.15, -0.1) is 35.3 Å². The second kappa shape index (κ2) is 12.6. The first-order chi connectivity index (χ1) is 14.0. The van der Waals surface area contributed by atoms with Crippen molar-refractivity contribution in [3.63, 3.8) is 0 Å². The Hall–Kier alpha value is -1.23. The maximum Gasteiger partial charge on any atom is 0.191 e. The molecule has 6 nitrogen and oxygen atoms in total. The highest BCUT2D eigenvalue weighted by molar-refractivity contribution is 14.0. The molecule has 0 bridgehead atoms. The van der Waals surface area contributed by atoms with Gasteiger partial charge in [-0.1, -0.05) is 24.3 Å². The lowest BCUT2D eigenvalue weighted by atomic mass is 10.1. The average molecular weight is 543 g/mol. The lowest BCUT2D eigenvalue weighted by molar-refractivity contribution is 0.148. The van der Waals surface area contributed by atoms with E-state index in [2.05, 4.69) is 75.6 Å². The van der Waals surface area contributed by atoms with Crippen LogP contribution in [0.3, 0.4) is 0 Å². The van der Waals surface area contributed by atoms with Crippen LogP contribution in [-0.4, -0.2) is 67.6 Å². The zero-order valence-electron chi connectivity index (χ0n) is 18.6. The van der Waals surface area contributed by atoms with E-state index < -0.39 is 0 Å². The molecule has 30 heavy (non-hydrogen) atoms. The largest absolute Gasteiger partial charge is 0.356 e. The molecule has 0 unspecified atom stereocenters. The molecule has 0 amide bonds. The van der Waals surface area contributed by atoms with Crippen molar-refractivity contribution in [3.05, 3.63) is 51.0 Å². The van der Waals surface area contributed by atoms with Gasteiger partial charge in [0.05, 0.1) is 10.7 Å². The highest BCUT2D eigenvalue weighted by Gasteiger charge is 2.13. The second-order valence-electron chi connectivity index (χ2n) is 7.75. The minimum Gasteiger partial charge on any atom is -0.356 e. The number of nitrogens with zero attached hydrogens (tertiary/aromatic N) is 4. The molecular formula is C22H35IN6S. The fraction of sp³-hybridized carbons (Fsp3) is 0.545. The van der Waals surface area contributed by atoms with Gasteiger partial charge in [0.15, 0.2) is 5.96 Å². The monoisotopic (exact) mass is 542 g/mol. The molecule has 2 N–H and O–H groups in total. The van der Waals surface area contributed by atoms with Crippen LogP contribution >= 0.6 is 35.3 Å². The number of halogens is 1. The van der Waals surface area contributed by atoms with Crippen molar-refractivity contribution in [1.82, 2.24) is 25.4 Å². The summed E-state index contributed by atoms with van der Waals surface area (Å²) < 4.78 is 0. The number of benzene rings is 1. The molecule has 0 spiro atoms. The Morgan fingerprint density at radius 1 is 1.07 bits per heavy atom. The van der Waals surface area contributed by atoms with Gasteiger partial charge >= 0.3 is 0 Å². The van der Waals surface area contributed by atoms with Gasteiger partial charge < -0.3 is 15.5 Å². The van der Waals surface area contributed by atoms with E-state index in [1.807, 2.05) is 7.05 Å². The first-order valence-electron chi connectivity index (χ1n) is 10.4. The number of piperazine rings is 1. The first kappa shape index (κ1) is 25.0. The zero-order chi connectivity index (χ0) is 20.6. The molecule has 0 saturated carbocycles. The summed E-state index contributed by atoms with van der Waals surface area (Å²) in [6.07, 6.45) is 0.918. The van der Waals surface area contributed by atoms with Gasteiger partial charge in [0.25, 0.3) is 0 Å². The minimum absolute atomic E-state index is 0. The van der Waals surface area contributed by atoms with E-state index >= 15 is 0 Å². The number of likely N-dealkylation sites (N-methyl/N-ethyl adjacent to an activating group) is 1. The lowest BCUT2D eigenvalue weighted by Crippen LogP contribution is -2.43. The smallest absolute Gasteiger partial charge is 0.191 e. The van der Waals surface area contributed by atoms with E-state index in [1.165, 1.54) is 21.0 Å². The molecule has 2 aromatic rings. The van der Waals surface area contributed by atoms with E-state index in [0.29, 0.717) is 0 Å². The fourth-order valence-corrected chi connectivity index (χ4v) is 4.30. The number of guanidine groups is 1. The molecule has 1 aromatic carbocycles. The Kier molecular flexibility index (Phi) is 10.5. The normalized spacial score (nSPS) is 15.7. The molecule has 166 valence electrons. The number of aromatic nitrogens is 1. The SMILES string of the molecule is CN=C(NCCc1nc(C)c(C)s1)NCc1ccc(CN2CCN(C)CC2)cc1.I. The van der Waals surface area contributed by atoms with Crippen molar-refractivity contribution in [2.75, 3.05) is 46.8 Å². The third-order valence-electron chi connectivity index (χ3n) is 5.41. The molecule has 1 aromatic heterocycles. The number of thiazole rings is 1. The Labute approximate surface area is 202 Å². The summed E-state index contributed by atoms with van der Waals surface area (Å²) in [6, 6.07) is 8.93. The number of aliphatic imine (C=N–C) groups is 1. The van der Waals surface area contributed by atoms with Crippen molar-refractivity contribution in [2.24, 2.45) is 4.99 Å². The van der Waals surface area contributed by atoms with Crippen LogP contribution < -0.4 is 10.6 Å². The molecular weight excluding hydrogens is 507 g/mol. The molecule has 8 heteroatoms. The fourth-order valence-electron chi connectivity index (χ4n) is 3.37. The summed E-state index contributed by atoms with van der Waals surface area (Å²) in [7, 11) is 4.01. The lowest BCUT2D eigenvalue weighted by Gasteiger charge is -2.32. The van der Waals surface area contributed by atoms with Gasteiger partial charge in [-0.3, -0.25) is 9.89 Å². The third kappa shape index (κ3) is 7.79. The van der Waals surface area contributed by atoms with Crippen molar-refractivity contribution in [3.8, 4) is 0 Å². The van der Waals surface area contributed by atoms with Gasteiger partial charge in [-0.05, 0) is 32.0 Å². The maximum atomic E-state index is 4.59. The topological polar surface area (TPSA) is 55.8 Å². The molecule has 1 saturated heterocycles. The average Bonchev–Trinajstić information content (AvgIpc) is 3.04. The van der Waals surface area contributed by atoms with Crippen LogP contribution in [0.5, 0.6) is 0 Å². The van der Waals surface area contributed by atoms with Crippen LogP contribution in [0.15, 0.2) is 29.3 Å². The van der Waals surface area contributed by atoms with Crippen molar-refractivity contribution >= 4 is 41.3 Å². The molecule has 0 radical (unpaired) electrons. The molecule has 0 atom stereocenters. The number of rotatable bonds is 7. The molecule has 1 fully saturated rings. The van der Waals surface area contributed by atoms with Gasteiger partial charge in [0.2, 0.25) is 0 Å². The summed E-state index contributed by atoms with van der Waals surface area (Å²) >= 11 is 1.78. The quantitative estimate of drug-likeness (QED) is 0.320. The predicted molar refractivity (Wildman–Crippen MR) is 138 cm³/mol. The Morgan fingerprint density at radius 3 is 2.33 bits per heavy atom. The Bertz CT molecular complexity index is 777. The standard InChI is InChI=1S/C22H34N6S.HI/c1-17-18(2)29-21(26-17)9-10-24-22(23-3)25-15-19-5-7-20(8-6-19)16-28-13-11-27(4)12-14-28;/h5-8H,9-16H2,1-4H3,(H2,23,24,25);1H. The number of nitrogens with one attached hydrogen (secondary N) is 2. The van der Waals surface area contributed by atoms with Gasteiger partial charge in [0.1, 0.15) is 0 Å². The zero-order valence-corrected chi connectivity index (χ0v) is 21.7. The summed E-state index contributed by atoms with van der Waals surface area (Å²) in [5, 5.41) is 7.96. The van der Waals surface area contributed by atoms with Crippen LogP contribution in [0.1, 0.15) is 26.7 Å². The molecule has 1 aliphatic heterocycles. The third-order valence-corrected chi connectivity index (χ3v) is 6.55. The van der Waals surface area contributed by atoms with Gasteiger partial charge in [-0.25, -0.2) is 4.98 Å². The van der Waals surface area contributed by atoms with Crippen LogP contribution in [0.4, 0.5) is 0 Å². The maximum absolute atomic E-state index is 4.59. The Morgan fingerprint density at radius 2 is 1.73 bits per heavy atom. The number of aryl methyl sites for hydroxylation is 2. The van der Waals surface area contributed by atoms with Crippen LogP contribution in [0.2, 0.25) is 0 Å². The minimum atomic E-state index is 0. The van der Waals surface area contributed by atoms with Crippen LogP contribution in [0.25, 0.3) is 0 Å². The predicted octanol–water partition coefficient (Wildman–Crippen LogP) is 3.03. The van der Waals surface area contributed by atoms with Crippen molar-refractivity contribution < 1.29 is 0 Å². The molecule has 1 aliphatic rings. The van der Waals surface area contributed by atoms with Crippen molar-refractivity contribution in [2.45, 2.75) is 33.4 Å². The van der Waals surface area contributed by atoms with E-state index in [-0.39, 0.29) is 24.0 Å². The van der Waals surface area contributed by atoms with Crippen molar-refractivity contribution in [1.29, 1.82) is 0 Å². The summed E-state index contributed by atoms with van der Waals surface area (Å²) in [4.78, 5) is 15.1. The highest BCUT2D eigenvalue weighted by atomic mass is 127. The van der Waals surface area contributed by atoms with Crippen LogP contribution in [-0.2, 0) is 19.5 Å². The van der Waals surface area contributed by atoms with E-state index in [0.717, 1.165) is 63.9 Å². The molecule has 2 heterocycles. The van der Waals surface area contributed by atoms with Gasteiger partial charge in [0, 0.05) is 64.2 Å². The summed E-state index contributed by atoms with van der Waals surface area (Å²) in [5.41, 5.74) is 3.79. The Balaban J connectivity index is 0.00000320. The first-order valence-corrected chi connectivity index (χ1v) is 11.2. The molecule has 0 aliphatic carbocycles.